The van der Waals surface area contributed by atoms with Gasteiger partial charge in [0.1, 0.15) is 11.6 Å². The van der Waals surface area contributed by atoms with Crippen LogP contribution in [0.2, 0.25) is 0 Å². The van der Waals surface area contributed by atoms with Gasteiger partial charge in [-0.3, -0.25) is 13.9 Å². The fourth-order valence-electron chi connectivity index (χ4n) is 3.16. The summed E-state index contributed by atoms with van der Waals surface area (Å²) in [6, 6.07) is 13.7. The van der Waals surface area contributed by atoms with Crippen LogP contribution < -0.4 is 10.4 Å². The summed E-state index contributed by atoms with van der Waals surface area (Å²) in [5.41, 5.74) is 1.07. The van der Waals surface area contributed by atoms with Crippen molar-refractivity contribution in [3.05, 3.63) is 82.8 Å². The van der Waals surface area contributed by atoms with Gasteiger partial charge in [-0.25, -0.2) is 22.0 Å². The number of hydrogen-bond acceptors (Lipinski definition) is 4. The Morgan fingerprint density at radius 1 is 0.871 bits per heavy atom. The van der Waals surface area contributed by atoms with Crippen LogP contribution in [-0.2, 0) is 24.1 Å². The monoisotopic (exact) mass is 461 g/mol. The minimum absolute atomic E-state index is 0.215. The quantitative estimate of drug-likeness (QED) is 0.486. The van der Waals surface area contributed by atoms with Gasteiger partial charge in [0.15, 0.2) is 0 Å². The molecule has 10 heteroatoms. The second-order valence-corrected chi connectivity index (χ2v) is 9.65. The maximum atomic E-state index is 13.6. The normalized spacial score (nSPS) is 11.7. The van der Waals surface area contributed by atoms with Crippen LogP contribution in [0.15, 0.2) is 80.1 Å². The Balaban J connectivity index is 1.86. The van der Waals surface area contributed by atoms with Gasteiger partial charge in [-0.2, -0.15) is 0 Å². The van der Waals surface area contributed by atoms with E-state index in [2.05, 4.69) is 4.72 Å². The molecule has 1 aromatic heterocycles. The number of aromatic nitrogens is 2. The van der Waals surface area contributed by atoms with Crippen LogP contribution in [0.1, 0.15) is 0 Å². The number of hydrogen-bond donors (Lipinski definition) is 1. The van der Waals surface area contributed by atoms with E-state index in [4.69, 9.17) is 0 Å². The van der Waals surface area contributed by atoms with Gasteiger partial charge in [0, 0.05) is 23.9 Å². The van der Waals surface area contributed by atoms with Crippen molar-refractivity contribution >= 4 is 38.5 Å². The largest absolute Gasteiger partial charge is 0.328 e. The van der Waals surface area contributed by atoms with Crippen LogP contribution in [0, 0.1) is 11.6 Å². The van der Waals surface area contributed by atoms with E-state index in [1.54, 1.807) is 38.4 Å². The molecule has 1 N–H and O–H groups in total. The zero-order valence-electron chi connectivity index (χ0n) is 16.5. The van der Waals surface area contributed by atoms with E-state index >= 15 is 0 Å². The van der Waals surface area contributed by atoms with Crippen LogP contribution in [0.25, 0.3) is 11.0 Å². The standard InChI is InChI=1S/C21H17F2N3O3S2/c1-25-18-11-17(24-31(28,29)16-5-3-4-14(23)10-16)20(12-19(18)26(2)21(25)27)30-15-8-6-13(22)7-9-15/h3-12,24H,1-2H3. The first-order valence-electron chi connectivity index (χ1n) is 9.07. The van der Waals surface area contributed by atoms with E-state index in [1.807, 2.05) is 0 Å². The van der Waals surface area contributed by atoms with Gasteiger partial charge >= 0.3 is 5.69 Å². The van der Waals surface area contributed by atoms with Crippen LogP contribution in [-0.4, -0.2) is 17.6 Å². The zero-order chi connectivity index (χ0) is 22.3. The Morgan fingerprint density at radius 3 is 2.16 bits per heavy atom. The maximum Gasteiger partial charge on any atom is 0.328 e. The number of anilines is 1. The first-order chi connectivity index (χ1) is 14.7. The molecule has 4 rings (SSSR count). The third-order valence-electron chi connectivity index (χ3n) is 4.77. The molecular formula is C21H17F2N3O3S2. The molecule has 160 valence electrons. The number of fused-ring (bicyclic) bond motifs is 1. The highest BCUT2D eigenvalue weighted by Crippen LogP contribution is 2.37. The molecule has 3 aromatic carbocycles. The summed E-state index contributed by atoms with van der Waals surface area (Å²) in [4.78, 5) is 13.3. The Morgan fingerprint density at radius 2 is 1.52 bits per heavy atom. The number of nitrogens with one attached hydrogen (secondary N) is 1. The number of nitrogens with zero attached hydrogens (tertiary/aromatic N) is 2. The molecule has 0 fully saturated rings. The summed E-state index contributed by atoms with van der Waals surface area (Å²) in [7, 11) is -0.895. The van der Waals surface area contributed by atoms with Crippen LogP contribution in [0.3, 0.4) is 0 Å². The van der Waals surface area contributed by atoms with Crippen molar-refractivity contribution < 1.29 is 17.2 Å². The SMILES string of the molecule is Cn1c(=O)n(C)c2cc(Sc3ccc(F)cc3)c(NS(=O)(=O)c3cccc(F)c3)cc21. The minimum Gasteiger partial charge on any atom is -0.295 e. The fourth-order valence-corrected chi connectivity index (χ4v) is 5.24. The van der Waals surface area contributed by atoms with Crippen LogP contribution in [0.5, 0.6) is 0 Å². The molecule has 0 aliphatic carbocycles. The molecule has 4 aromatic rings. The maximum absolute atomic E-state index is 13.6. The van der Waals surface area contributed by atoms with Crippen molar-refractivity contribution in [1.82, 2.24) is 9.13 Å². The Bertz CT molecular complexity index is 1460. The molecule has 0 saturated heterocycles. The predicted molar refractivity (Wildman–Crippen MR) is 116 cm³/mol. The first kappa shape index (κ1) is 21.1. The number of rotatable bonds is 5. The van der Waals surface area contributed by atoms with Crippen LogP contribution >= 0.6 is 11.8 Å². The first-order valence-corrected chi connectivity index (χ1v) is 11.4. The fraction of sp³-hybridized carbons (Fsp3) is 0.0952. The number of halogens is 2. The van der Waals surface area contributed by atoms with Gasteiger partial charge in [0.2, 0.25) is 0 Å². The molecule has 0 atom stereocenters. The second kappa shape index (κ2) is 7.86. The molecule has 1 heterocycles. The van der Waals surface area contributed by atoms with Gasteiger partial charge < -0.3 is 0 Å². The molecular weight excluding hydrogens is 444 g/mol. The van der Waals surface area contributed by atoms with Gasteiger partial charge in [0.25, 0.3) is 10.0 Å². The van der Waals surface area contributed by atoms with E-state index in [9.17, 15) is 22.0 Å². The van der Waals surface area contributed by atoms with Crippen molar-refractivity contribution in [3.63, 3.8) is 0 Å². The van der Waals surface area contributed by atoms with Gasteiger partial charge in [-0.05, 0) is 54.6 Å². The summed E-state index contributed by atoms with van der Waals surface area (Å²) in [5, 5.41) is 0. The number of benzene rings is 3. The Labute approximate surface area is 181 Å². The van der Waals surface area contributed by atoms with Crippen molar-refractivity contribution in [2.45, 2.75) is 14.7 Å². The molecule has 0 aliphatic heterocycles. The molecule has 6 nitrogen and oxygen atoms in total. The number of aryl methyl sites for hydroxylation is 2. The second-order valence-electron chi connectivity index (χ2n) is 6.86. The Hall–Kier alpha value is -3.11. The molecule has 0 bridgehead atoms. The van der Waals surface area contributed by atoms with Crippen molar-refractivity contribution in [3.8, 4) is 0 Å². The molecule has 0 aliphatic rings. The smallest absolute Gasteiger partial charge is 0.295 e. The Kier molecular flexibility index (Phi) is 5.36. The topological polar surface area (TPSA) is 73.1 Å². The lowest BCUT2D eigenvalue weighted by molar-refractivity contribution is 0.595. The highest BCUT2D eigenvalue weighted by molar-refractivity contribution is 7.99. The highest BCUT2D eigenvalue weighted by atomic mass is 32.2. The number of sulfonamides is 1. The van der Waals surface area contributed by atoms with Crippen LogP contribution in [0.4, 0.5) is 14.5 Å². The van der Waals surface area contributed by atoms with Gasteiger partial charge in [0.05, 0.1) is 21.6 Å². The third kappa shape index (κ3) is 4.08. The van der Waals surface area contributed by atoms with E-state index in [0.717, 1.165) is 12.1 Å². The van der Waals surface area contributed by atoms with Crippen molar-refractivity contribution in [2.24, 2.45) is 14.1 Å². The zero-order valence-corrected chi connectivity index (χ0v) is 18.1. The van der Waals surface area contributed by atoms with E-state index < -0.39 is 21.7 Å². The van der Waals surface area contributed by atoms with Crippen molar-refractivity contribution in [2.75, 3.05) is 4.72 Å². The molecule has 31 heavy (non-hydrogen) atoms. The van der Waals surface area contributed by atoms with E-state index in [-0.39, 0.29) is 16.3 Å². The highest BCUT2D eigenvalue weighted by Gasteiger charge is 2.20. The summed E-state index contributed by atoms with van der Waals surface area (Å²) >= 11 is 1.21. The minimum atomic E-state index is -4.10. The molecule has 0 amide bonds. The van der Waals surface area contributed by atoms with Gasteiger partial charge in [-0.1, -0.05) is 17.8 Å². The molecule has 0 saturated carbocycles. The summed E-state index contributed by atoms with van der Waals surface area (Å²) in [6.45, 7) is 0. The molecule has 0 spiro atoms. The molecule has 0 unspecified atom stereocenters. The van der Waals surface area contributed by atoms with Gasteiger partial charge in [-0.15, -0.1) is 0 Å². The summed E-state index contributed by atoms with van der Waals surface area (Å²) < 4.78 is 58.0. The summed E-state index contributed by atoms with van der Waals surface area (Å²) in [6.07, 6.45) is 0. The summed E-state index contributed by atoms with van der Waals surface area (Å²) in [5.74, 6) is -1.07. The van der Waals surface area contributed by atoms with E-state index in [0.29, 0.717) is 20.8 Å². The van der Waals surface area contributed by atoms with Crippen molar-refractivity contribution in [1.29, 1.82) is 0 Å². The lowest BCUT2D eigenvalue weighted by Crippen LogP contribution is -2.19. The number of imidazole rings is 1. The predicted octanol–water partition coefficient (Wildman–Crippen LogP) is 4.11. The molecule has 0 radical (unpaired) electrons. The average molecular weight is 462 g/mol. The lowest BCUT2D eigenvalue weighted by Gasteiger charge is -2.14. The lowest BCUT2D eigenvalue weighted by atomic mass is 10.3. The third-order valence-corrected chi connectivity index (χ3v) is 7.19. The van der Waals surface area contributed by atoms with E-state index in [1.165, 1.54) is 45.2 Å². The average Bonchev–Trinajstić information content (AvgIpc) is 2.93.